The summed E-state index contributed by atoms with van der Waals surface area (Å²) in [6, 6.07) is 1.59. The Hall–Kier alpha value is -1.36. The minimum absolute atomic E-state index is 0.0367. The minimum atomic E-state index is -0.381. The van der Waals surface area contributed by atoms with E-state index in [0.29, 0.717) is 5.69 Å². The van der Waals surface area contributed by atoms with Crippen LogP contribution in [0.5, 0.6) is 0 Å². The summed E-state index contributed by atoms with van der Waals surface area (Å²) in [6.45, 7) is 9.81. The molecule has 1 aliphatic rings. The summed E-state index contributed by atoms with van der Waals surface area (Å²) in [4.78, 5) is 12.0. The molecule has 1 saturated heterocycles. The predicted molar refractivity (Wildman–Crippen MR) is 66.4 cm³/mol. The van der Waals surface area contributed by atoms with Crippen molar-refractivity contribution in [3.8, 4) is 0 Å². The third-order valence-electron chi connectivity index (χ3n) is 3.23. The smallest absolute Gasteiger partial charge is 0.290 e. The first-order valence-corrected chi connectivity index (χ1v) is 6.14. The van der Waals surface area contributed by atoms with E-state index >= 15 is 0 Å². The van der Waals surface area contributed by atoms with E-state index in [2.05, 4.69) is 10.5 Å². The highest BCUT2D eigenvalue weighted by Crippen LogP contribution is 2.37. The Morgan fingerprint density at radius 1 is 1.44 bits per heavy atom. The minimum Gasteiger partial charge on any atom is -0.367 e. The van der Waals surface area contributed by atoms with Gasteiger partial charge in [-0.2, -0.15) is 0 Å². The third kappa shape index (κ3) is 2.56. The van der Waals surface area contributed by atoms with E-state index in [4.69, 9.17) is 9.26 Å². The van der Waals surface area contributed by atoms with Crippen molar-refractivity contribution in [2.75, 3.05) is 0 Å². The number of aromatic nitrogens is 1. The summed E-state index contributed by atoms with van der Waals surface area (Å²) in [5.74, 6) is 0.00276. The maximum atomic E-state index is 12.0. The van der Waals surface area contributed by atoms with Crippen LogP contribution in [-0.4, -0.2) is 28.3 Å². The maximum Gasteiger partial charge on any atom is 0.290 e. The number of carbonyl (C=O) groups is 1. The van der Waals surface area contributed by atoms with E-state index in [1.807, 2.05) is 27.7 Å². The molecule has 0 bridgehead atoms. The Balaban J connectivity index is 2.08. The molecule has 1 aromatic rings. The largest absolute Gasteiger partial charge is 0.367 e. The van der Waals surface area contributed by atoms with Crippen molar-refractivity contribution in [3.63, 3.8) is 0 Å². The molecule has 18 heavy (non-hydrogen) atoms. The normalized spacial score (nSPS) is 25.1. The van der Waals surface area contributed by atoms with E-state index in [0.717, 1.165) is 6.42 Å². The van der Waals surface area contributed by atoms with Crippen LogP contribution in [0.25, 0.3) is 0 Å². The van der Waals surface area contributed by atoms with Crippen LogP contribution >= 0.6 is 0 Å². The lowest BCUT2D eigenvalue weighted by atomic mass is 9.94. The molecule has 0 aliphatic carbocycles. The average Bonchev–Trinajstić information content (AvgIpc) is 2.68. The van der Waals surface area contributed by atoms with Gasteiger partial charge in [-0.25, -0.2) is 0 Å². The Kier molecular flexibility index (Phi) is 2.97. The fourth-order valence-corrected chi connectivity index (χ4v) is 2.49. The average molecular weight is 252 g/mol. The standard InChI is InChI=1S/C13H20N2O3/c1-8-6-9(17-15-8)11(16)14-10-7-12(2,3)18-13(10,4)5/h6,10H,7H2,1-5H3,(H,14,16)/t10-/m1/s1. The van der Waals surface area contributed by atoms with Gasteiger partial charge in [0.1, 0.15) is 0 Å². The zero-order valence-corrected chi connectivity index (χ0v) is 11.5. The molecule has 1 aromatic heterocycles. The topological polar surface area (TPSA) is 64.4 Å². The second kappa shape index (κ2) is 4.09. The summed E-state index contributed by atoms with van der Waals surface area (Å²) >= 11 is 0. The highest BCUT2D eigenvalue weighted by Gasteiger charge is 2.46. The van der Waals surface area contributed by atoms with E-state index in [9.17, 15) is 4.79 Å². The highest BCUT2D eigenvalue weighted by atomic mass is 16.5. The van der Waals surface area contributed by atoms with Crippen molar-refractivity contribution >= 4 is 5.91 Å². The van der Waals surface area contributed by atoms with Gasteiger partial charge in [0.2, 0.25) is 5.76 Å². The molecule has 0 unspecified atom stereocenters. The zero-order chi connectivity index (χ0) is 13.6. The van der Waals surface area contributed by atoms with Crippen LogP contribution < -0.4 is 5.32 Å². The lowest BCUT2D eigenvalue weighted by Crippen LogP contribution is -2.46. The SMILES string of the molecule is Cc1cc(C(=O)N[C@@H]2CC(C)(C)OC2(C)C)on1. The molecular weight excluding hydrogens is 232 g/mol. The van der Waals surface area contributed by atoms with Crippen LogP contribution in [-0.2, 0) is 4.74 Å². The van der Waals surface area contributed by atoms with Crippen LogP contribution in [0.15, 0.2) is 10.6 Å². The molecule has 1 N–H and O–H groups in total. The van der Waals surface area contributed by atoms with Gasteiger partial charge in [-0.15, -0.1) is 0 Å². The van der Waals surface area contributed by atoms with E-state index in [1.54, 1.807) is 13.0 Å². The number of nitrogens with zero attached hydrogens (tertiary/aromatic N) is 1. The molecule has 0 radical (unpaired) electrons. The number of rotatable bonds is 2. The molecule has 1 amide bonds. The van der Waals surface area contributed by atoms with Gasteiger partial charge in [-0.3, -0.25) is 4.79 Å². The zero-order valence-electron chi connectivity index (χ0n) is 11.5. The lowest BCUT2D eigenvalue weighted by molar-refractivity contribution is -0.0693. The molecular formula is C13H20N2O3. The quantitative estimate of drug-likeness (QED) is 0.875. The molecule has 2 rings (SSSR count). The Morgan fingerprint density at radius 3 is 2.56 bits per heavy atom. The molecule has 1 fully saturated rings. The fraction of sp³-hybridized carbons (Fsp3) is 0.692. The van der Waals surface area contributed by atoms with Crippen LogP contribution in [0.2, 0.25) is 0 Å². The van der Waals surface area contributed by atoms with Crippen molar-refractivity contribution in [1.29, 1.82) is 0 Å². The molecule has 0 aromatic carbocycles. The van der Waals surface area contributed by atoms with Gasteiger partial charge in [0, 0.05) is 6.07 Å². The third-order valence-corrected chi connectivity index (χ3v) is 3.23. The molecule has 0 saturated carbocycles. The summed E-state index contributed by atoms with van der Waals surface area (Å²) in [5, 5.41) is 6.67. The van der Waals surface area contributed by atoms with Crippen LogP contribution in [0, 0.1) is 6.92 Å². The monoisotopic (exact) mass is 252 g/mol. The fourth-order valence-electron chi connectivity index (χ4n) is 2.49. The summed E-state index contributed by atoms with van der Waals surface area (Å²) in [6.07, 6.45) is 0.777. The van der Waals surface area contributed by atoms with Gasteiger partial charge in [0.05, 0.1) is 22.9 Å². The first-order chi connectivity index (χ1) is 8.20. The predicted octanol–water partition coefficient (Wildman–Crippen LogP) is 2.06. The van der Waals surface area contributed by atoms with Crippen molar-refractivity contribution < 1.29 is 14.1 Å². The Bertz CT molecular complexity index is 463. The van der Waals surface area contributed by atoms with E-state index in [-0.39, 0.29) is 28.9 Å². The molecule has 5 nitrogen and oxygen atoms in total. The second-order valence-corrected chi connectivity index (χ2v) is 6.03. The van der Waals surface area contributed by atoms with Crippen LogP contribution in [0.4, 0.5) is 0 Å². The number of nitrogens with one attached hydrogen (secondary N) is 1. The Morgan fingerprint density at radius 2 is 2.11 bits per heavy atom. The summed E-state index contributed by atoms with van der Waals surface area (Å²) < 4.78 is 10.9. The van der Waals surface area contributed by atoms with Crippen LogP contribution in [0.3, 0.4) is 0 Å². The molecule has 2 heterocycles. The number of hydrogen-bond acceptors (Lipinski definition) is 4. The maximum absolute atomic E-state index is 12.0. The summed E-state index contributed by atoms with van der Waals surface area (Å²) in [7, 11) is 0. The molecule has 100 valence electrons. The molecule has 1 atom stereocenters. The van der Waals surface area contributed by atoms with Crippen molar-refractivity contribution in [1.82, 2.24) is 10.5 Å². The lowest BCUT2D eigenvalue weighted by Gasteiger charge is -2.27. The molecule has 0 spiro atoms. The number of amides is 1. The molecule has 5 heteroatoms. The van der Waals surface area contributed by atoms with Crippen molar-refractivity contribution in [3.05, 3.63) is 17.5 Å². The van der Waals surface area contributed by atoms with E-state index < -0.39 is 0 Å². The Labute approximate surface area is 107 Å². The van der Waals surface area contributed by atoms with Gasteiger partial charge in [-0.1, -0.05) is 5.16 Å². The van der Waals surface area contributed by atoms with Crippen molar-refractivity contribution in [2.24, 2.45) is 0 Å². The second-order valence-electron chi connectivity index (χ2n) is 6.03. The first kappa shape index (κ1) is 13.1. The van der Waals surface area contributed by atoms with Gasteiger partial charge < -0.3 is 14.6 Å². The van der Waals surface area contributed by atoms with Gasteiger partial charge in [0.25, 0.3) is 5.91 Å². The highest BCUT2D eigenvalue weighted by molar-refractivity contribution is 5.91. The van der Waals surface area contributed by atoms with Crippen molar-refractivity contribution in [2.45, 2.75) is 58.3 Å². The number of carbonyl (C=O) groups excluding carboxylic acids is 1. The van der Waals surface area contributed by atoms with Gasteiger partial charge in [-0.05, 0) is 41.0 Å². The molecule has 1 aliphatic heterocycles. The number of hydrogen-bond donors (Lipinski definition) is 1. The first-order valence-electron chi connectivity index (χ1n) is 6.14. The van der Waals surface area contributed by atoms with E-state index in [1.165, 1.54) is 0 Å². The summed E-state index contributed by atoms with van der Waals surface area (Å²) in [5.41, 5.74) is 0.0925. The number of ether oxygens (including phenoxy) is 1. The van der Waals surface area contributed by atoms with Gasteiger partial charge in [0.15, 0.2) is 0 Å². The van der Waals surface area contributed by atoms with Crippen LogP contribution in [0.1, 0.15) is 50.4 Å². The van der Waals surface area contributed by atoms with Gasteiger partial charge >= 0.3 is 0 Å². The number of aryl methyl sites for hydroxylation is 1.